The molecule has 0 bridgehead atoms. The lowest BCUT2D eigenvalue weighted by Crippen LogP contribution is -2.32. The van der Waals surface area contributed by atoms with Crippen molar-refractivity contribution in [3.05, 3.63) is 40.5 Å². The zero-order valence-corrected chi connectivity index (χ0v) is 11.3. The Bertz CT molecular complexity index is 570. The largest absolute Gasteiger partial charge is 0.481 e. The summed E-state index contributed by atoms with van der Waals surface area (Å²) in [6.07, 6.45) is 3.26. The Morgan fingerprint density at radius 2 is 2.48 bits per heavy atom. The van der Waals surface area contributed by atoms with Gasteiger partial charge in [-0.05, 0) is 23.1 Å². The van der Waals surface area contributed by atoms with Gasteiger partial charge in [0.15, 0.2) is 0 Å². The zero-order valence-electron chi connectivity index (χ0n) is 11.3. The number of aromatic nitrogens is 1. The van der Waals surface area contributed by atoms with Crippen LogP contribution in [0.4, 0.5) is 0 Å². The van der Waals surface area contributed by atoms with E-state index in [1.54, 1.807) is 29.4 Å². The number of nitrogens with zero attached hydrogens (tertiary/aromatic N) is 5. The number of carbonyl (C=O) groups is 2. The van der Waals surface area contributed by atoms with Gasteiger partial charge in [0.1, 0.15) is 0 Å². The van der Waals surface area contributed by atoms with Crippen LogP contribution in [0.15, 0.2) is 29.6 Å². The number of hydrogen-bond donors (Lipinski definition) is 1. The standard InChI is InChI=1S/C13H15N5O3/c14-17-16-6-9-4-12(19)18(8-9)11(5-13(20)21)10-2-1-3-15-7-10/h1-3,7,9,11H,4-6,8H2,(H,20,21). The Kier molecular flexibility index (Phi) is 4.73. The molecule has 0 radical (unpaired) electrons. The molecule has 8 heteroatoms. The van der Waals surface area contributed by atoms with E-state index in [1.807, 2.05) is 0 Å². The summed E-state index contributed by atoms with van der Waals surface area (Å²) in [5.74, 6) is -1.17. The van der Waals surface area contributed by atoms with Crippen LogP contribution in [-0.2, 0) is 9.59 Å². The number of rotatable bonds is 6. The number of carboxylic acids is 1. The van der Waals surface area contributed by atoms with Gasteiger partial charge in [0.2, 0.25) is 5.91 Å². The van der Waals surface area contributed by atoms with E-state index in [1.165, 1.54) is 0 Å². The topological polar surface area (TPSA) is 119 Å². The van der Waals surface area contributed by atoms with Crippen molar-refractivity contribution in [1.82, 2.24) is 9.88 Å². The molecule has 1 amide bonds. The van der Waals surface area contributed by atoms with Gasteiger partial charge in [-0.15, -0.1) is 0 Å². The van der Waals surface area contributed by atoms with Gasteiger partial charge in [0.25, 0.3) is 0 Å². The first-order valence-corrected chi connectivity index (χ1v) is 6.54. The van der Waals surface area contributed by atoms with Crippen molar-refractivity contribution in [1.29, 1.82) is 0 Å². The van der Waals surface area contributed by atoms with E-state index in [0.717, 1.165) is 0 Å². The van der Waals surface area contributed by atoms with Gasteiger partial charge < -0.3 is 10.0 Å². The Hall–Kier alpha value is -2.60. The second-order valence-electron chi connectivity index (χ2n) is 4.93. The van der Waals surface area contributed by atoms with Crippen molar-refractivity contribution in [3.63, 3.8) is 0 Å². The number of azide groups is 1. The van der Waals surface area contributed by atoms with E-state index in [2.05, 4.69) is 15.0 Å². The predicted octanol–water partition coefficient (Wildman–Crippen LogP) is 1.76. The molecule has 1 aliphatic rings. The van der Waals surface area contributed by atoms with Crippen molar-refractivity contribution in [2.75, 3.05) is 13.1 Å². The van der Waals surface area contributed by atoms with Gasteiger partial charge in [-0.25, -0.2) is 0 Å². The lowest BCUT2D eigenvalue weighted by molar-refractivity contribution is -0.139. The van der Waals surface area contributed by atoms with Crippen LogP contribution >= 0.6 is 0 Å². The number of aliphatic carboxylic acids is 1. The van der Waals surface area contributed by atoms with Crippen molar-refractivity contribution >= 4 is 11.9 Å². The predicted molar refractivity (Wildman–Crippen MR) is 73.1 cm³/mol. The maximum atomic E-state index is 12.1. The van der Waals surface area contributed by atoms with E-state index < -0.39 is 12.0 Å². The van der Waals surface area contributed by atoms with Gasteiger partial charge in [-0.1, -0.05) is 11.2 Å². The lowest BCUT2D eigenvalue weighted by atomic mass is 10.0. The highest BCUT2D eigenvalue weighted by Crippen LogP contribution is 2.31. The Morgan fingerprint density at radius 3 is 3.10 bits per heavy atom. The van der Waals surface area contributed by atoms with Crippen LogP contribution in [0.1, 0.15) is 24.4 Å². The maximum Gasteiger partial charge on any atom is 0.305 e. The highest BCUT2D eigenvalue weighted by Gasteiger charge is 2.35. The van der Waals surface area contributed by atoms with Crippen molar-refractivity contribution in [3.8, 4) is 0 Å². The number of carboxylic acid groups (broad SMARTS) is 1. The Morgan fingerprint density at radius 1 is 1.67 bits per heavy atom. The Balaban J connectivity index is 2.19. The van der Waals surface area contributed by atoms with Crippen LogP contribution in [-0.4, -0.2) is 40.0 Å². The molecule has 110 valence electrons. The van der Waals surface area contributed by atoms with Gasteiger partial charge in [-0.3, -0.25) is 14.6 Å². The van der Waals surface area contributed by atoms with Gasteiger partial charge in [-0.2, -0.15) is 0 Å². The number of carbonyl (C=O) groups excluding carboxylic acids is 1. The zero-order chi connectivity index (χ0) is 15.2. The third-order valence-electron chi connectivity index (χ3n) is 3.46. The minimum absolute atomic E-state index is 0.0682. The highest BCUT2D eigenvalue weighted by atomic mass is 16.4. The lowest BCUT2D eigenvalue weighted by Gasteiger charge is -2.27. The molecule has 1 aromatic rings. The van der Waals surface area contributed by atoms with Crippen LogP contribution in [0.3, 0.4) is 0 Å². The molecule has 2 atom stereocenters. The van der Waals surface area contributed by atoms with Crippen LogP contribution in [0.2, 0.25) is 0 Å². The summed E-state index contributed by atoms with van der Waals surface area (Å²) in [6.45, 7) is 0.635. The van der Waals surface area contributed by atoms with Gasteiger partial charge >= 0.3 is 5.97 Å². The molecule has 21 heavy (non-hydrogen) atoms. The molecule has 1 fully saturated rings. The normalized spacial score (nSPS) is 19.1. The first-order valence-electron chi connectivity index (χ1n) is 6.54. The monoisotopic (exact) mass is 289 g/mol. The minimum atomic E-state index is -0.977. The molecule has 0 aromatic carbocycles. The average molecular weight is 289 g/mol. The fourth-order valence-electron chi connectivity index (χ4n) is 2.53. The molecule has 2 heterocycles. The van der Waals surface area contributed by atoms with E-state index >= 15 is 0 Å². The summed E-state index contributed by atoms with van der Waals surface area (Å²) in [5, 5.41) is 12.6. The third-order valence-corrected chi connectivity index (χ3v) is 3.46. The van der Waals surface area contributed by atoms with Crippen LogP contribution in [0.5, 0.6) is 0 Å². The number of pyridine rings is 1. The average Bonchev–Trinajstić information content (AvgIpc) is 2.84. The van der Waals surface area contributed by atoms with Crippen LogP contribution in [0, 0.1) is 5.92 Å². The van der Waals surface area contributed by atoms with Gasteiger partial charge in [0, 0.05) is 36.8 Å². The van der Waals surface area contributed by atoms with Crippen molar-refractivity contribution in [2.45, 2.75) is 18.9 Å². The molecule has 1 aromatic heterocycles. The molecular formula is C13H15N5O3. The number of amides is 1. The second-order valence-corrected chi connectivity index (χ2v) is 4.93. The third kappa shape index (κ3) is 3.70. The summed E-state index contributed by atoms with van der Waals surface area (Å²) in [5.41, 5.74) is 9.03. The molecule has 1 aliphatic heterocycles. The molecule has 1 N–H and O–H groups in total. The minimum Gasteiger partial charge on any atom is -0.481 e. The fraction of sp³-hybridized carbons (Fsp3) is 0.462. The summed E-state index contributed by atoms with van der Waals surface area (Å²) in [6, 6.07) is 2.93. The molecule has 0 spiro atoms. The van der Waals surface area contributed by atoms with Crippen LogP contribution in [0.25, 0.3) is 10.4 Å². The molecule has 0 saturated carbocycles. The molecule has 2 rings (SSSR count). The molecule has 0 aliphatic carbocycles. The summed E-state index contributed by atoms with van der Waals surface area (Å²) in [7, 11) is 0. The quantitative estimate of drug-likeness (QED) is 0.487. The van der Waals surface area contributed by atoms with E-state index in [9.17, 15) is 9.59 Å². The fourth-order valence-corrected chi connectivity index (χ4v) is 2.53. The SMILES string of the molecule is [N-]=[N+]=NCC1CC(=O)N(C(CC(=O)O)c2cccnc2)C1. The Labute approximate surface area is 121 Å². The molecule has 8 nitrogen and oxygen atoms in total. The van der Waals surface area contributed by atoms with Crippen LogP contribution < -0.4 is 0 Å². The van der Waals surface area contributed by atoms with Crippen molar-refractivity contribution < 1.29 is 14.7 Å². The first-order chi connectivity index (χ1) is 10.1. The van der Waals surface area contributed by atoms with E-state index in [4.69, 9.17) is 10.6 Å². The summed E-state index contributed by atoms with van der Waals surface area (Å²) < 4.78 is 0. The molecule has 2 unspecified atom stereocenters. The van der Waals surface area contributed by atoms with E-state index in [-0.39, 0.29) is 31.2 Å². The molecule has 1 saturated heterocycles. The summed E-state index contributed by atoms with van der Waals surface area (Å²) in [4.78, 5) is 31.4. The number of hydrogen-bond acceptors (Lipinski definition) is 4. The van der Waals surface area contributed by atoms with E-state index in [0.29, 0.717) is 12.1 Å². The van der Waals surface area contributed by atoms with Gasteiger partial charge in [0.05, 0.1) is 12.5 Å². The second kappa shape index (κ2) is 6.71. The van der Waals surface area contributed by atoms with Crippen molar-refractivity contribution in [2.24, 2.45) is 11.0 Å². The maximum absolute atomic E-state index is 12.1. The number of likely N-dealkylation sites (tertiary alicyclic amines) is 1. The smallest absolute Gasteiger partial charge is 0.305 e. The molecular weight excluding hydrogens is 274 g/mol. The highest BCUT2D eigenvalue weighted by molar-refractivity contribution is 5.80. The summed E-state index contributed by atoms with van der Waals surface area (Å²) >= 11 is 0. The first kappa shape index (κ1) is 14.8.